The minimum absolute atomic E-state index is 0.0995. The van der Waals surface area contributed by atoms with Gasteiger partial charge in [-0.05, 0) is 43.6 Å². The van der Waals surface area contributed by atoms with Crippen LogP contribution in [0.25, 0.3) is 0 Å². The topological polar surface area (TPSA) is 65.4 Å². The molecule has 1 aliphatic heterocycles. The Morgan fingerprint density at radius 3 is 2.64 bits per heavy atom. The number of nitriles is 1. The Bertz CT molecular complexity index is 502. The summed E-state index contributed by atoms with van der Waals surface area (Å²) in [7, 11) is 0. The molecular weight excluding hydrogens is 278 g/mol. The number of piperidine rings is 1. The van der Waals surface area contributed by atoms with E-state index in [-0.39, 0.29) is 12.3 Å². The van der Waals surface area contributed by atoms with Gasteiger partial charge in [0, 0.05) is 13.1 Å². The minimum Gasteiger partial charge on any atom is -0.492 e. The van der Waals surface area contributed by atoms with Crippen molar-refractivity contribution in [1.82, 2.24) is 10.2 Å². The number of carbonyl (C=O) groups is 1. The maximum Gasteiger partial charge on any atom is 0.234 e. The first kappa shape index (κ1) is 16.3. The summed E-state index contributed by atoms with van der Waals surface area (Å²) < 4.78 is 5.76. The van der Waals surface area contributed by atoms with E-state index >= 15 is 0 Å². The number of rotatable bonds is 7. The first-order chi connectivity index (χ1) is 10.8. The summed E-state index contributed by atoms with van der Waals surface area (Å²) in [5, 5.41) is 11.1. The predicted octanol–water partition coefficient (Wildman–Crippen LogP) is 2.08. The number of amides is 1. The van der Waals surface area contributed by atoms with Gasteiger partial charge in [0.25, 0.3) is 0 Å². The van der Waals surface area contributed by atoms with Crippen molar-refractivity contribution >= 4 is 5.91 Å². The van der Waals surface area contributed by atoms with Crippen molar-refractivity contribution in [2.75, 3.05) is 26.2 Å². The standard InChI is InChI=1S/C17H23N3O2/c18-9-8-17(21)19-14-15-4-6-16(7-5-15)22-13-12-20-10-2-1-3-11-20/h4-7H,1-3,8,10-14H2,(H,19,21). The largest absolute Gasteiger partial charge is 0.492 e. The molecule has 1 aromatic rings. The van der Waals surface area contributed by atoms with Gasteiger partial charge in [-0.15, -0.1) is 0 Å². The molecule has 0 saturated carbocycles. The van der Waals surface area contributed by atoms with Gasteiger partial charge in [0.1, 0.15) is 18.8 Å². The van der Waals surface area contributed by atoms with Crippen molar-refractivity contribution in [1.29, 1.82) is 5.26 Å². The molecule has 5 heteroatoms. The molecule has 0 unspecified atom stereocenters. The van der Waals surface area contributed by atoms with Crippen LogP contribution in [0.3, 0.4) is 0 Å². The zero-order chi connectivity index (χ0) is 15.6. The highest BCUT2D eigenvalue weighted by Crippen LogP contribution is 2.13. The third-order valence-corrected chi connectivity index (χ3v) is 3.78. The van der Waals surface area contributed by atoms with Crippen molar-refractivity contribution < 1.29 is 9.53 Å². The van der Waals surface area contributed by atoms with Crippen LogP contribution < -0.4 is 10.1 Å². The van der Waals surface area contributed by atoms with E-state index in [2.05, 4.69) is 10.2 Å². The predicted molar refractivity (Wildman–Crippen MR) is 84.3 cm³/mol. The minimum atomic E-state index is -0.246. The van der Waals surface area contributed by atoms with Gasteiger partial charge in [-0.1, -0.05) is 18.6 Å². The van der Waals surface area contributed by atoms with Crippen molar-refractivity contribution in [3.8, 4) is 11.8 Å². The summed E-state index contributed by atoms with van der Waals surface area (Å²) in [4.78, 5) is 13.7. The lowest BCUT2D eigenvalue weighted by molar-refractivity contribution is -0.120. The lowest BCUT2D eigenvalue weighted by Crippen LogP contribution is -2.33. The van der Waals surface area contributed by atoms with Crippen LogP contribution in [0.1, 0.15) is 31.2 Å². The molecule has 1 N–H and O–H groups in total. The Balaban J connectivity index is 1.67. The van der Waals surface area contributed by atoms with Gasteiger partial charge in [0.05, 0.1) is 6.07 Å². The van der Waals surface area contributed by atoms with E-state index in [9.17, 15) is 4.79 Å². The third-order valence-electron chi connectivity index (χ3n) is 3.78. The van der Waals surface area contributed by atoms with Gasteiger partial charge in [0.2, 0.25) is 5.91 Å². The van der Waals surface area contributed by atoms with Crippen molar-refractivity contribution in [2.45, 2.75) is 32.2 Å². The maximum atomic E-state index is 11.2. The molecule has 2 rings (SSSR count). The smallest absolute Gasteiger partial charge is 0.234 e. The van der Waals surface area contributed by atoms with Crippen LogP contribution in [0.4, 0.5) is 0 Å². The number of carbonyl (C=O) groups excluding carboxylic acids is 1. The Labute approximate surface area is 131 Å². The van der Waals surface area contributed by atoms with Gasteiger partial charge >= 0.3 is 0 Å². The van der Waals surface area contributed by atoms with Crippen LogP contribution in [0.2, 0.25) is 0 Å². The van der Waals surface area contributed by atoms with Crippen LogP contribution in [0, 0.1) is 11.3 Å². The van der Waals surface area contributed by atoms with E-state index in [1.807, 2.05) is 30.3 Å². The first-order valence-electron chi connectivity index (χ1n) is 7.85. The van der Waals surface area contributed by atoms with E-state index < -0.39 is 0 Å². The van der Waals surface area contributed by atoms with Crippen LogP contribution >= 0.6 is 0 Å². The van der Waals surface area contributed by atoms with Crippen molar-refractivity contribution in [2.24, 2.45) is 0 Å². The average Bonchev–Trinajstić information content (AvgIpc) is 2.55. The number of benzene rings is 1. The summed E-state index contributed by atoms with van der Waals surface area (Å²) in [5.41, 5.74) is 0.995. The summed E-state index contributed by atoms with van der Waals surface area (Å²) in [6.07, 6.45) is 3.85. The molecule has 1 amide bonds. The molecule has 0 atom stereocenters. The Kier molecular flexibility index (Phi) is 6.72. The molecule has 1 aromatic carbocycles. The molecule has 0 spiro atoms. The Morgan fingerprint density at radius 2 is 1.95 bits per heavy atom. The Morgan fingerprint density at radius 1 is 1.23 bits per heavy atom. The van der Waals surface area contributed by atoms with E-state index in [0.717, 1.165) is 17.9 Å². The van der Waals surface area contributed by atoms with Gasteiger partial charge < -0.3 is 10.1 Å². The van der Waals surface area contributed by atoms with Gasteiger partial charge in [-0.25, -0.2) is 0 Å². The lowest BCUT2D eigenvalue weighted by Gasteiger charge is -2.26. The van der Waals surface area contributed by atoms with Crippen LogP contribution in [0.5, 0.6) is 5.75 Å². The monoisotopic (exact) mass is 301 g/mol. The summed E-state index contributed by atoms with van der Waals surface area (Å²) in [6, 6.07) is 9.53. The number of likely N-dealkylation sites (tertiary alicyclic amines) is 1. The number of hydrogen-bond acceptors (Lipinski definition) is 4. The molecule has 22 heavy (non-hydrogen) atoms. The van der Waals surface area contributed by atoms with Crippen molar-refractivity contribution in [3.63, 3.8) is 0 Å². The summed E-state index contributed by atoms with van der Waals surface area (Å²) in [6.45, 7) is 4.49. The normalized spacial score (nSPS) is 15.0. The quantitative estimate of drug-likeness (QED) is 0.837. The second-order valence-electron chi connectivity index (χ2n) is 5.51. The maximum absolute atomic E-state index is 11.2. The Hall–Kier alpha value is -2.06. The molecule has 1 saturated heterocycles. The van der Waals surface area contributed by atoms with E-state index in [0.29, 0.717) is 13.2 Å². The van der Waals surface area contributed by atoms with E-state index in [4.69, 9.17) is 10.00 Å². The molecule has 1 fully saturated rings. The lowest BCUT2D eigenvalue weighted by atomic mass is 10.1. The van der Waals surface area contributed by atoms with Crippen LogP contribution in [0.15, 0.2) is 24.3 Å². The van der Waals surface area contributed by atoms with E-state index in [1.165, 1.54) is 32.4 Å². The van der Waals surface area contributed by atoms with Crippen LogP contribution in [-0.2, 0) is 11.3 Å². The highest BCUT2D eigenvalue weighted by Gasteiger charge is 2.09. The number of ether oxygens (including phenoxy) is 1. The molecule has 1 aliphatic rings. The van der Waals surface area contributed by atoms with Gasteiger partial charge in [0.15, 0.2) is 0 Å². The second-order valence-corrected chi connectivity index (χ2v) is 5.51. The zero-order valence-corrected chi connectivity index (χ0v) is 12.9. The molecular formula is C17H23N3O2. The number of hydrogen-bond donors (Lipinski definition) is 1. The van der Waals surface area contributed by atoms with Gasteiger partial charge in [-0.3, -0.25) is 9.69 Å². The van der Waals surface area contributed by atoms with Crippen molar-refractivity contribution in [3.05, 3.63) is 29.8 Å². The molecule has 0 aromatic heterocycles. The fraction of sp³-hybridized carbons (Fsp3) is 0.529. The molecule has 0 radical (unpaired) electrons. The van der Waals surface area contributed by atoms with Crippen LogP contribution in [-0.4, -0.2) is 37.0 Å². The molecule has 1 heterocycles. The fourth-order valence-electron chi connectivity index (χ4n) is 2.51. The average molecular weight is 301 g/mol. The first-order valence-corrected chi connectivity index (χ1v) is 7.85. The number of nitrogens with zero attached hydrogens (tertiary/aromatic N) is 2. The second kappa shape index (κ2) is 9.06. The number of nitrogens with one attached hydrogen (secondary N) is 1. The SMILES string of the molecule is N#CCC(=O)NCc1ccc(OCCN2CCCCC2)cc1. The highest BCUT2D eigenvalue weighted by molar-refractivity contribution is 5.77. The van der Waals surface area contributed by atoms with Gasteiger partial charge in [-0.2, -0.15) is 5.26 Å². The van der Waals surface area contributed by atoms with E-state index in [1.54, 1.807) is 0 Å². The molecule has 118 valence electrons. The molecule has 0 bridgehead atoms. The summed E-state index contributed by atoms with van der Waals surface area (Å²) >= 11 is 0. The summed E-state index contributed by atoms with van der Waals surface area (Å²) in [5.74, 6) is 0.605. The molecule has 0 aliphatic carbocycles. The molecule has 5 nitrogen and oxygen atoms in total. The highest BCUT2D eigenvalue weighted by atomic mass is 16.5. The zero-order valence-electron chi connectivity index (χ0n) is 12.9. The fourth-order valence-corrected chi connectivity index (χ4v) is 2.51. The third kappa shape index (κ3) is 5.74.